The highest BCUT2D eigenvalue weighted by atomic mass is 16.5. The van der Waals surface area contributed by atoms with Gasteiger partial charge in [-0.1, -0.05) is 0 Å². The lowest BCUT2D eigenvalue weighted by molar-refractivity contribution is -0.00718. The molecule has 0 aliphatic carbocycles. The Labute approximate surface area is 141 Å². The summed E-state index contributed by atoms with van der Waals surface area (Å²) in [4.78, 5) is 26.9. The number of benzene rings is 1. The molecule has 0 aromatic heterocycles. The molecule has 0 N–H and O–H groups in total. The van der Waals surface area contributed by atoms with E-state index in [0.717, 1.165) is 12.8 Å². The molecule has 3 rings (SSSR count). The standard InChI is InChI=1S/C18H23NO5/c1-3-23-16-9-12(5-8-15(16)18(21)24-4-2)17(20)19-13-6-7-14(19)11-22-10-13/h5,8-9,13-14H,3-4,6-7,10-11H2,1-2H3. The van der Waals surface area contributed by atoms with Crippen molar-refractivity contribution >= 4 is 11.9 Å². The van der Waals surface area contributed by atoms with Crippen molar-refractivity contribution in [2.75, 3.05) is 26.4 Å². The monoisotopic (exact) mass is 333 g/mol. The van der Waals surface area contributed by atoms with Gasteiger partial charge in [0.25, 0.3) is 5.91 Å². The molecule has 2 aliphatic rings. The summed E-state index contributed by atoms with van der Waals surface area (Å²) in [6.07, 6.45) is 1.96. The van der Waals surface area contributed by atoms with Gasteiger partial charge >= 0.3 is 5.97 Å². The van der Waals surface area contributed by atoms with Crippen molar-refractivity contribution in [1.29, 1.82) is 0 Å². The lowest BCUT2D eigenvalue weighted by Crippen LogP contribution is -2.49. The molecular weight excluding hydrogens is 310 g/mol. The maximum atomic E-state index is 12.9. The average Bonchev–Trinajstić information content (AvgIpc) is 2.83. The van der Waals surface area contributed by atoms with Gasteiger partial charge in [0.1, 0.15) is 11.3 Å². The minimum absolute atomic E-state index is 0.0258. The Morgan fingerprint density at radius 3 is 2.50 bits per heavy atom. The van der Waals surface area contributed by atoms with E-state index in [-0.39, 0.29) is 18.0 Å². The number of rotatable bonds is 5. The highest BCUT2D eigenvalue weighted by molar-refractivity contribution is 5.98. The van der Waals surface area contributed by atoms with Crippen LogP contribution in [0.4, 0.5) is 0 Å². The van der Waals surface area contributed by atoms with E-state index in [0.29, 0.717) is 43.3 Å². The number of nitrogens with zero attached hydrogens (tertiary/aromatic N) is 1. The number of hydrogen-bond donors (Lipinski definition) is 0. The summed E-state index contributed by atoms with van der Waals surface area (Å²) in [6.45, 7) is 5.49. The first kappa shape index (κ1) is 16.8. The molecule has 2 bridgehead atoms. The van der Waals surface area contributed by atoms with Crippen LogP contribution in [0.5, 0.6) is 5.75 Å². The summed E-state index contributed by atoms with van der Waals surface area (Å²) in [5.74, 6) is -0.0732. The van der Waals surface area contributed by atoms with E-state index in [1.165, 1.54) is 0 Å². The van der Waals surface area contributed by atoms with Crippen LogP contribution in [0.15, 0.2) is 18.2 Å². The molecule has 2 aliphatic heterocycles. The van der Waals surface area contributed by atoms with Gasteiger partial charge in [-0.15, -0.1) is 0 Å². The van der Waals surface area contributed by atoms with E-state index >= 15 is 0 Å². The SMILES string of the molecule is CCOC(=O)c1ccc(C(=O)N2C3CCC2COC3)cc1OCC. The predicted octanol–water partition coefficient (Wildman–Crippen LogP) is 2.27. The zero-order chi connectivity index (χ0) is 17.1. The molecule has 24 heavy (non-hydrogen) atoms. The maximum absolute atomic E-state index is 12.9. The molecule has 2 unspecified atom stereocenters. The minimum atomic E-state index is -0.439. The van der Waals surface area contributed by atoms with Crippen LogP contribution in [0.1, 0.15) is 47.4 Å². The van der Waals surface area contributed by atoms with Crippen molar-refractivity contribution in [2.24, 2.45) is 0 Å². The van der Waals surface area contributed by atoms with Gasteiger partial charge in [0.05, 0.1) is 38.5 Å². The Morgan fingerprint density at radius 2 is 1.88 bits per heavy atom. The Bertz CT molecular complexity index is 614. The topological polar surface area (TPSA) is 65.1 Å². The smallest absolute Gasteiger partial charge is 0.341 e. The lowest BCUT2D eigenvalue weighted by atomic mass is 10.1. The fourth-order valence-electron chi connectivity index (χ4n) is 3.42. The molecule has 0 radical (unpaired) electrons. The Balaban J connectivity index is 1.87. The number of carbonyl (C=O) groups excluding carboxylic acids is 2. The highest BCUT2D eigenvalue weighted by Gasteiger charge is 2.40. The van der Waals surface area contributed by atoms with Crippen LogP contribution in [-0.2, 0) is 9.47 Å². The van der Waals surface area contributed by atoms with Crippen LogP contribution < -0.4 is 4.74 Å². The second-order valence-electron chi connectivity index (χ2n) is 6.00. The van der Waals surface area contributed by atoms with Crippen LogP contribution in [0.3, 0.4) is 0 Å². The van der Waals surface area contributed by atoms with Crippen LogP contribution in [0, 0.1) is 0 Å². The molecule has 1 amide bonds. The van der Waals surface area contributed by atoms with Gasteiger partial charge in [-0.2, -0.15) is 0 Å². The van der Waals surface area contributed by atoms with Gasteiger partial charge in [-0.3, -0.25) is 4.79 Å². The second-order valence-corrected chi connectivity index (χ2v) is 6.00. The molecule has 130 valence electrons. The number of hydrogen-bond acceptors (Lipinski definition) is 5. The third kappa shape index (κ3) is 3.11. The second kappa shape index (κ2) is 7.21. The van der Waals surface area contributed by atoms with Crippen LogP contribution >= 0.6 is 0 Å². The Morgan fingerprint density at radius 1 is 1.17 bits per heavy atom. The quantitative estimate of drug-likeness (QED) is 0.774. The van der Waals surface area contributed by atoms with E-state index in [9.17, 15) is 9.59 Å². The Hall–Kier alpha value is -2.08. The third-order valence-electron chi connectivity index (χ3n) is 4.50. The van der Waals surface area contributed by atoms with Gasteiger partial charge in [-0.25, -0.2) is 4.79 Å². The van der Waals surface area contributed by atoms with Crippen molar-refractivity contribution in [2.45, 2.75) is 38.8 Å². The molecule has 2 atom stereocenters. The third-order valence-corrected chi connectivity index (χ3v) is 4.50. The number of ether oxygens (including phenoxy) is 3. The molecule has 6 nitrogen and oxygen atoms in total. The Kier molecular flexibility index (Phi) is 5.04. The van der Waals surface area contributed by atoms with Gasteiger partial charge < -0.3 is 19.1 Å². The van der Waals surface area contributed by atoms with Crippen molar-refractivity contribution in [3.05, 3.63) is 29.3 Å². The number of carbonyl (C=O) groups is 2. The first-order valence-corrected chi connectivity index (χ1v) is 8.50. The minimum Gasteiger partial charge on any atom is -0.493 e. The van der Waals surface area contributed by atoms with E-state index in [1.807, 2.05) is 11.8 Å². The summed E-state index contributed by atoms with van der Waals surface area (Å²) < 4.78 is 16.1. The molecule has 2 fully saturated rings. The molecule has 2 saturated heterocycles. The molecule has 1 aromatic carbocycles. The molecule has 0 spiro atoms. The summed E-state index contributed by atoms with van der Waals surface area (Å²) in [5, 5.41) is 0. The van der Waals surface area contributed by atoms with Crippen molar-refractivity contribution in [1.82, 2.24) is 4.90 Å². The fraction of sp³-hybridized carbons (Fsp3) is 0.556. The number of fused-ring (bicyclic) bond motifs is 2. The van der Waals surface area contributed by atoms with Gasteiger partial charge in [0.2, 0.25) is 0 Å². The molecule has 2 heterocycles. The molecular formula is C18H23NO5. The van der Waals surface area contributed by atoms with Crippen molar-refractivity contribution in [3.63, 3.8) is 0 Å². The van der Waals surface area contributed by atoms with Crippen molar-refractivity contribution < 1.29 is 23.8 Å². The summed E-state index contributed by atoms with van der Waals surface area (Å²) in [5.41, 5.74) is 0.880. The van der Waals surface area contributed by atoms with Crippen molar-refractivity contribution in [3.8, 4) is 5.75 Å². The van der Waals surface area contributed by atoms with Gasteiger partial charge in [-0.05, 0) is 44.9 Å². The van der Waals surface area contributed by atoms with Gasteiger partial charge in [0, 0.05) is 5.56 Å². The van der Waals surface area contributed by atoms with E-state index in [2.05, 4.69) is 0 Å². The first-order chi connectivity index (χ1) is 11.7. The maximum Gasteiger partial charge on any atom is 0.341 e. The normalized spacial score (nSPS) is 22.3. The number of amides is 1. The lowest BCUT2D eigenvalue weighted by Gasteiger charge is -2.34. The molecule has 0 saturated carbocycles. The van der Waals surface area contributed by atoms with E-state index in [1.54, 1.807) is 25.1 Å². The van der Waals surface area contributed by atoms with Gasteiger partial charge in [0.15, 0.2) is 0 Å². The molecule has 6 heteroatoms. The first-order valence-electron chi connectivity index (χ1n) is 8.50. The van der Waals surface area contributed by atoms with E-state index in [4.69, 9.17) is 14.2 Å². The van der Waals surface area contributed by atoms with Crippen LogP contribution in [-0.4, -0.2) is 55.3 Å². The van der Waals surface area contributed by atoms with Crippen LogP contribution in [0.2, 0.25) is 0 Å². The summed E-state index contributed by atoms with van der Waals surface area (Å²) in [6, 6.07) is 5.23. The summed E-state index contributed by atoms with van der Waals surface area (Å²) in [7, 11) is 0. The largest absolute Gasteiger partial charge is 0.493 e. The van der Waals surface area contributed by atoms with E-state index < -0.39 is 5.97 Å². The fourth-order valence-corrected chi connectivity index (χ4v) is 3.42. The number of esters is 1. The number of morpholine rings is 1. The van der Waals surface area contributed by atoms with Crippen LogP contribution in [0.25, 0.3) is 0 Å². The zero-order valence-electron chi connectivity index (χ0n) is 14.1. The zero-order valence-corrected chi connectivity index (χ0v) is 14.1. The molecule has 1 aromatic rings. The summed E-state index contributed by atoms with van der Waals surface area (Å²) >= 11 is 0. The highest BCUT2D eigenvalue weighted by Crippen LogP contribution is 2.31. The average molecular weight is 333 g/mol. The predicted molar refractivity (Wildman–Crippen MR) is 87.4 cm³/mol.